The first-order valence-electron chi connectivity index (χ1n) is 6.24. The van der Waals surface area contributed by atoms with Crippen LogP contribution in [0.3, 0.4) is 0 Å². The van der Waals surface area contributed by atoms with E-state index < -0.39 is 11.9 Å². The van der Waals surface area contributed by atoms with E-state index >= 15 is 0 Å². The molecule has 98 valence electrons. The maximum absolute atomic E-state index is 12.2. The van der Waals surface area contributed by atoms with E-state index in [1.165, 1.54) is 0 Å². The zero-order valence-electron chi connectivity index (χ0n) is 10.6. The van der Waals surface area contributed by atoms with Crippen LogP contribution in [0.15, 0.2) is 0 Å². The highest BCUT2D eigenvalue weighted by Crippen LogP contribution is 2.26. The minimum absolute atomic E-state index is 0.0191. The summed E-state index contributed by atoms with van der Waals surface area (Å²) in [6.07, 6.45) is 2.71. The third-order valence-corrected chi connectivity index (χ3v) is 3.50. The summed E-state index contributed by atoms with van der Waals surface area (Å²) in [5.41, 5.74) is 5.90. The highest BCUT2D eigenvalue weighted by molar-refractivity contribution is 5.80. The van der Waals surface area contributed by atoms with E-state index in [1.54, 1.807) is 11.8 Å². The van der Waals surface area contributed by atoms with E-state index in [2.05, 4.69) is 0 Å². The third kappa shape index (κ3) is 3.43. The van der Waals surface area contributed by atoms with E-state index in [-0.39, 0.29) is 24.4 Å². The SMILES string of the molecule is CCN(CC(C)C(=O)O)C(=O)C1CCCC1N. The van der Waals surface area contributed by atoms with E-state index in [0.717, 1.165) is 19.3 Å². The Morgan fingerprint density at radius 3 is 2.53 bits per heavy atom. The molecule has 3 unspecified atom stereocenters. The molecule has 0 aromatic heterocycles. The molecule has 0 heterocycles. The van der Waals surface area contributed by atoms with Gasteiger partial charge in [-0.1, -0.05) is 13.3 Å². The summed E-state index contributed by atoms with van der Waals surface area (Å²) in [6.45, 7) is 4.30. The fourth-order valence-electron chi connectivity index (χ4n) is 2.31. The number of hydrogen-bond acceptors (Lipinski definition) is 3. The predicted octanol–water partition coefficient (Wildman–Crippen LogP) is 0.683. The summed E-state index contributed by atoms with van der Waals surface area (Å²) in [6, 6.07) is -0.0586. The Balaban J connectivity index is 2.60. The van der Waals surface area contributed by atoms with Crippen molar-refractivity contribution in [3.8, 4) is 0 Å². The smallest absolute Gasteiger partial charge is 0.308 e. The largest absolute Gasteiger partial charge is 0.481 e. The average Bonchev–Trinajstić information content (AvgIpc) is 2.70. The third-order valence-electron chi connectivity index (χ3n) is 3.50. The molecule has 3 atom stereocenters. The maximum Gasteiger partial charge on any atom is 0.308 e. The zero-order valence-corrected chi connectivity index (χ0v) is 10.6. The lowest BCUT2D eigenvalue weighted by Crippen LogP contribution is -2.44. The Bertz CT molecular complexity index is 293. The van der Waals surface area contributed by atoms with Gasteiger partial charge in [0.25, 0.3) is 0 Å². The van der Waals surface area contributed by atoms with Gasteiger partial charge >= 0.3 is 5.97 Å². The number of carboxylic acid groups (broad SMARTS) is 1. The number of hydrogen-bond donors (Lipinski definition) is 2. The second-order valence-corrected chi connectivity index (χ2v) is 4.82. The van der Waals surface area contributed by atoms with E-state index in [9.17, 15) is 9.59 Å². The number of carbonyl (C=O) groups excluding carboxylic acids is 1. The molecular formula is C12H22N2O3. The molecule has 0 radical (unpaired) electrons. The number of rotatable bonds is 5. The molecule has 3 N–H and O–H groups in total. The minimum atomic E-state index is -0.869. The van der Waals surface area contributed by atoms with E-state index in [0.29, 0.717) is 6.54 Å². The summed E-state index contributed by atoms with van der Waals surface area (Å²) in [5.74, 6) is -1.50. The molecule has 0 bridgehead atoms. The topological polar surface area (TPSA) is 83.6 Å². The summed E-state index contributed by atoms with van der Waals surface area (Å²) >= 11 is 0. The molecule has 0 aromatic carbocycles. The van der Waals surface area contributed by atoms with Crippen LogP contribution >= 0.6 is 0 Å². The number of nitrogens with two attached hydrogens (primary N) is 1. The van der Waals surface area contributed by atoms with Crippen molar-refractivity contribution in [2.45, 2.75) is 39.2 Å². The molecule has 17 heavy (non-hydrogen) atoms. The minimum Gasteiger partial charge on any atom is -0.481 e. The lowest BCUT2D eigenvalue weighted by Gasteiger charge is -2.27. The molecule has 1 aliphatic rings. The van der Waals surface area contributed by atoms with Crippen LogP contribution < -0.4 is 5.73 Å². The highest BCUT2D eigenvalue weighted by Gasteiger charge is 2.33. The molecule has 0 aliphatic heterocycles. The van der Waals surface area contributed by atoms with Gasteiger partial charge in [0, 0.05) is 19.1 Å². The lowest BCUT2D eigenvalue weighted by atomic mass is 10.0. The number of carbonyl (C=O) groups is 2. The van der Waals surface area contributed by atoms with Crippen molar-refractivity contribution in [2.75, 3.05) is 13.1 Å². The van der Waals surface area contributed by atoms with Crippen molar-refractivity contribution in [1.82, 2.24) is 4.90 Å². The average molecular weight is 242 g/mol. The van der Waals surface area contributed by atoms with Crippen LogP contribution in [0, 0.1) is 11.8 Å². The van der Waals surface area contributed by atoms with Crippen molar-refractivity contribution in [3.63, 3.8) is 0 Å². The van der Waals surface area contributed by atoms with Crippen LogP contribution in [0.1, 0.15) is 33.1 Å². The van der Waals surface area contributed by atoms with E-state index in [4.69, 9.17) is 10.8 Å². The Kier molecular flexibility index (Phi) is 4.93. The second kappa shape index (κ2) is 6.00. The number of nitrogens with zero attached hydrogens (tertiary/aromatic N) is 1. The fraction of sp³-hybridized carbons (Fsp3) is 0.833. The summed E-state index contributed by atoms with van der Waals surface area (Å²) in [7, 11) is 0. The molecule has 5 nitrogen and oxygen atoms in total. The Morgan fingerprint density at radius 1 is 1.47 bits per heavy atom. The molecule has 1 saturated carbocycles. The number of amides is 1. The maximum atomic E-state index is 12.2. The molecular weight excluding hydrogens is 220 g/mol. The van der Waals surface area contributed by atoms with Crippen LogP contribution in [0.25, 0.3) is 0 Å². The molecule has 0 spiro atoms. The summed E-state index contributed by atoms with van der Waals surface area (Å²) in [4.78, 5) is 24.6. The van der Waals surface area contributed by atoms with Crippen LogP contribution in [0.5, 0.6) is 0 Å². The normalized spacial score (nSPS) is 25.6. The van der Waals surface area contributed by atoms with Gasteiger partial charge in [-0.05, 0) is 19.8 Å². The zero-order chi connectivity index (χ0) is 13.0. The Morgan fingerprint density at radius 2 is 2.12 bits per heavy atom. The van der Waals surface area contributed by atoms with Gasteiger partial charge in [0.05, 0.1) is 11.8 Å². The van der Waals surface area contributed by atoms with Crippen LogP contribution in [0.2, 0.25) is 0 Å². The van der Waals surface area contributed by atoms with Crippen molar-refractivity contribution in [2.24, 2.45) is 17.6 Å². The molecule has 0 aromatic rings. The fourth-order valence-corrected chi connectivity index (χ4v) is 2.31. The van der Waals surface area contributed by atoms with Crippen molar-refractivity contribution in [1.29, 1.82) is 0 Å². The first-order chi connectivity index (χ1) is 7.97. The van der Waals surface area contributed by atoms with Gasteiger partial charge < -0.3 is 15.7 Å². The number of carboxylic acids is 1. The summed E-state index contributed by atoms with van der Waals surface area (Å²) < 4.78 is 0. The quantitative estimate of drug-likeness (QED) is 0.742. The van der Waals surface area contributed by atoms with Gasteiger partial charge in [-0.2, -0.15) is 0 Å². The monoisotopic (exact) mass is 242 g/mol. The van der Waals surface area contributed by atoms with Crippen LogP contribution in [0.4, 0.5) is 0 Å². The van der Waals surface area contributed by atoms with Gasteiger partial charge in [0.1, 0.15) is 0 Å². The highest BCUT2D eigenvalue weighted by atomic mass is 16.4. The first kappa shape index (κ1) is 14.0. The van der Waals surface area contributed by atoms with Gasteiger partial charge in [-0.3, -0.25) is 9.59 Å². The van der Waals surface area contributed by atoms with Gasteiger partial charge in [0.15, 0.2) is 0 Å². The molecule has 5 heteroatoms. The Hall–Kier alpha value is -1.10. The molecule has 1 fully saturated rings. The summed E-state index contributed by atoms with van der Waals surface area (Å²) in [5, 5.41) is 8.86. The second-order valence-electron chi connectivity index (χ2n) is 4.82. The standard InChI is InChI=1S/C12H22N2O3/c1-3-14(7-8(2)12(16)17)11(15)9-5-4-6-10(9)13/h8-10H,3-7,13H2,1-2H3,(H,16,17). The number of aliphatic carboxylic acids is 1. The van der Waals surface area contributed by atoms with Crippen LogP contribution in [-0.2, 0) is 9.59 Å². The van der Waals surface area contributed by atoms with Crippen LogP contribution in [-0.4, -0.2) is 41.0 Å². The van der Waals surface area contributed by atoms with Gasteiger partial charge in [-0.25, -0.2) is 0 Å². The predicted molar refractivity (Wildman–Crippen MR) is 64.4 cm³/mol. The Labute approximate surface area is 102 Å². The first-order valence-corrected chi connectivity index (χ1v) is 6.24. The van der Waals surface area contributed by atoms with Crippen molar-refractivity contribution < 1.29 is 14.7 Å². The molecule has 1 aliphatic carbocycles. The van der Waals surface area contributed by atoms with Crippen molar-refractivity contribution in [3.05, 3.63) is 0 Å². The van der Waals surface area contributed by atoms with E-state index in [1.807, 2.05) is 6.92 Å². The lowest BCUT2D eigenvalue weighted by molar-refractivity contribution is -0.143. The molecule has 1 amide bonds. The molecule has 0 saturated heterocycles. The van der Waals surface area contributed by atoms with Gasteiger partial charge in [0.2, 0.25) is 5.91 Å². The van der Waals surface area contributed by atoms with Crippen molar-refractivity contribution >= 4 is 11.9 Å². The van der Waals surface area contributed by atoms with Gasteiger partial charge in [-0.15, -0.1) is 0 Å². The molecule has 1 rings (SSSR count).